The lowest BCUT2D eigenvalue weighted by molar-refractivity contribution is 0.611. The molecule has 0 bridgehead atoms. The molecule has 3 N–H and O–H groups in total. The van der Waals surface area contributed by atoms with E-state index in [4.69, 9.17) is 11.1 Å². The van der Waals surface area contributed by atoms with E-state index in [9.17, 15) is 0 Å². The van der Waals surface area contributed by atoms with Gasteiger partial charge in [0.1, 0.15) is 0 Å². The summed E-state index contributed by atoms with van der Waals surface area (Å²) < 4.78 is 0. The van der Waals surface area contributed by atoms with Gasteiger partial charge in [-0.15, -0.1) is 0 Å². The quantitative estimate of drug-likeness (QED) is 0.683. The van der Waals surface area contributed by atoms with Crippen LogP contribution in [-0.4, -0.2) is 11.9 Å². The standard InChI is InChI=1S/C13H17N3/c1-13(2)7-6-9(14)11(13)12(15)10-5-3-4-8-16-10/h5-8,15H,3-4,14H2,1-2H3. The molecule has 3 nitrogen and oxygen atoms in total. The lowest BCUT2D eigenvalue weighted by Crippen LogP contribution is -2.20. The highest BCUT2D eigenvalue weighted by Gasteiger charge is 2.31. The summed E-state index contributed by atoms with van der Waals surface area (Å²) in [5, 5.41) is 8.21. The maximum absolute atomic E-state index is 8.21. The highest BCUT2D eigenvalue weighted by Crippen LogP contribution is 2.37. The third-order valence-electron chi connectivity index (χ3n) is 2.98. The van der Waals surface area contributed by atoms with E-state index in [0.29, 0.717) is 11.4 Å². The maximum atomic E-state index is 8.21. The molecule has 3 heteroatoms. The van der Waals surface area contributed by atoms with Crippen LogP contribution in [0.25, 0.3) is 0 Å². The molecule has 0 saturated carbocycles. The van der Waals surface area contributed by atoms with Crippen LogP contribution in [0.15, 0.2) is 40.2 Å². The van der Waals surface area contributed by atoms with Crippen molar-refractivity contribution in [3.63, 3.8) is 0 Å². The molecule has 2 aliphatic rings. The van der Waals surface area contributed by atoms with Gasteiger partial charge in [-0.25, -0.2) is 0 Å². The monoisotopic (exact) mass is 215 g/mol. The van der Waals surface area contributed by atoms with Gasteiger partial charge in [0.2, 0.25) is 0 Å². The lowest BCUT2D eigenvalue weighted by Gasteiger charge is -2.22. The molecule has 0 saturated heterocycles. The molecule has 1 aliphatic heterocycles. The van der Waals surface area contributed by atoms with Crippen molar-refractivity contribution < 1.29 is 0 Å². The Morgan fingerprint density at radius 1 is 1.44 bits per heavy atom. The van der Waals surface area contributed by atoms with Crippen molar-refractivity contribution in [2.45, 2.75) is 26.7 Å². The number of aliphatic imine (C=N–C) groups is 1. The maximum Gasteiger partial charge on any atom is 0.0854 e. The number of hydrogen-bond acceptors (Lipinski definition) is 3. The van der Waals surface area contributed by atoms with Gasteiger partial charge in [-0.05, 0) is 18.9 Å². The first kappa shape index (κ1) is 10.9. The summed E-state index contributed by atoms with van der Waals surface area (Å²) in [5.74, 6) is 0. The predicted molar refractivity (Wildman–Crippen MR) is 67.7 cm³/mol. The largest absolute Gasteiger partial charge is 0.398 e. The van der Waals surface area contributed by atoms with Crippen molar-refractivity contribution in [1.82, 2.24) is 0 Å². The van der Waals surface area contributed by atoms with Gasteiger partial charge in [-0.3, -0.25) is 10.4 Å². The van der Waals surface area contributed by atoms with E-state index in [2.05, 4.69) is 18.8 Å². The molecule has 0 amide bonds. The van der Waals surface area contributed by atoms with Crippen molar-refractivity contribution in [3.8, 4) is 0 Å². The molecule has 0 radical (unpaired) electrons. The van der Waals surface area contributed by atoms with Gasteiger partial charge in [-0.2, -0.15) is 0 Å². The Kier molecular flexibility index (Phi) is 2.54. The summed E-state index contributed by atoms with van der Waals surface area (Å²) in [5.41, 5.74) is 8.57. The minimum atomic E-state index is -0.158. The fourth-order valence-corrected chi connectivity index (χ4v) is 2.11. The van der Waals surface area contributed by atoms with Crippen LogP contribution in [0.1, 0.15) is 26.7 Å². The van der Waals surface area contributed by atoms with E-state index in [-0.39, 0.29) is 5.41 Å². The molecule has 1 heterocycles. The number of nitrogens with two attached hydrogens (primary N) is 1. The van der Waals surface area contributed by atoms with Crippen LogP contribution in [0.3, 0.4) is 0 Å². The third kappa shape index (κ3) is 1.73. The van der Waals surface area contributed by atoms with Gasteiger partial charge < -0.3 is 5.73 Å². The first-order chi connectivity index (χ1) is 7.52. The fraction of sp³-hybridized carbons (Fsp3) is 0.385. The Hall–Kier alpha value is -1.64. The molecular weight excluding hydrogens is 198 g/mol. The lowest BCUT2D eigenvalue weighted by atomic mass is 9.83. The Balaban J connectivity index is 2.33. The van der Waals surface area contributed by atoms with Crippen LogP contribution in [0.2, 0.25) is 0 Å². The van der Waals surface area contributed by atoms with Gasteiger partial charge in [-0.1, -0.05) is 26.0 Å². The van der Waals surface area contributed by atoms with Gasteiger partial charge in [0.05, 0.1) is 11.4 Å². The van der Waals surface area contributed by atoms with Crippen LogP contribution >= 0.6 is 0 Å². The zero-order valence-electron chi connectivity index (χ0n) is 9.75. The van der Waals surface area contributed by atoms with Gasteiger partial charge in [0, 0.05) is 22.9 Å². The Morgan fingerprint density at radius 3 is 2.69 bits per heavy atom. The first-order valence-electron chi connectivity index (χ1n) is 5.54. The van der Waals surface area contributed by atoms with E-state index < -0.39 is 0 Å². The number of allylic oxidation sites excluding steroid dienone is 4. The van der Waals surface area contributed by atoms with Crippen LogP contribution in [-0.2, 0) is 0 Å². The molecule has 1 aliphatic carbocycles. The normalized spacial score (nSPS) is 22.5. The average Bonchev–Trinajstić information content (AvgIpc) is 2.53. The molecule has 0 unspecified atom stereocenters. The summed E-state index contributed by atoms with van der Waals surface area (Å²) in [7, 11) is 0. The Bertz CT molecular complexity index is 448. The van der Waals surface area contributed by atoms with Gasteiger partial charge in [0.15, 0.2) is 0 Å². The molecule has 0 fully saturated rings. The highest BCUT2D eigenvalue weighted by atomic mass is 14.8. The van der Waals surface area contributed by atoms with Gasteiger partial charge >= 0.3 is 0 Å². The number of nitrogens with zero attached hydrogens (tertiary/aromatic N) is 1. The Labute approximate surface area is 96.0 Å². The van der Waals surface area contributed by atoms with Crippen molar-refractivity contribution in [3.05, 3.63) is 35.2 Å². The summed E-state index contributed by atoms with van der Waals surface area (Å²) >= 11 is 0. The molecular formula is C13H17N3. The van der Waals surface area contributed by atoms with Crippen LogP contribution in [0.5, 0.6) is 0 Å². The molecule has 0 aromatic heterocycles. The summed E-state index contributed by atoms with van der Waals surface area (Å²) in [6.07, 6.45) is 9.73. The molecule has 0 spiro atoms. The van der Waals surface area contributed by atoms with Crippen LogP contribution in [0.4, 0.5) is 0 Å². The Morgan fingerprint density at radius 2 is 2.19 bits per heavy atom. The molecule has 16 heavy (non-hydrogen) atoms. The average molecular weight is 215 g/mol. The van der Waals surface area contributed by atoms with E-state index in [1.165, 1.54) is 0 Å². The summed E-state index contributed by atoms with van der Waals surface area (Å²) in [6, 6.07) is 0. The van der Waals surface area contributed by atoms with Crippen molar-refractivity contribution >= 4 is 11.9 Å². The number of hydrogen-bond donors (Lipinski definition) is 2. The van der Waals surface area contributed by atoms with Crippen LogP contribution < -0.4 is 5.73 Å². The molecule has 0 atom stereocenters. The van der Waals surface area contributed by atoms with Gasteiger partial charge in [0.25, 0.3) is 0 Å². The predicted octanol–water partition coefficient (Wildman–Crippen LogP) is 2.56. The smallest absolute Gasteiger partial charge is 0.0854 e. The first-order valence-corrected chi connectivity index (χ1v) is 5.54. The van der Waals surface area contributed by atoms with Crippen molar-refractivity contribution in [2.24, 2.45) is 16.1 Å². The SMILES string of the molecule is CC1(C)C=CC(N)=C1C(=N)C1=CCCC=N1. The van der Waals surface area contributed by atoms with Crippen molar-refractivity contribution in [1.29, 1.82) is 5.41 Å². The van der Waals surface area contributed by atoms with E-state index in [1.54, 1.807) is 0 Å². The molecule has 84 valence electrons. The number of rotatable bonds is 2. The van der Waals surface area contributed by atoms with Crippen LogP contribution in [0, 0.1) is 10.8 Å². The second kappa shape index (κ2) is 3.74. The van der Waals surface area contributed by atoms with E-state index in [0.717, 1.165) is 24.1 Å². The minimum Gasteiger partial charge on any atom is -0.398 e. The summed E-state index contributed by atoms with van der Waals surface area (Å²) in [4.78, 5) is 4.27. The van der Waals surface area contributed by atoms with Crippen molar-refractivity contribution in [2.75, 3.05) is 0 Å². The molecule has 2 rings (SSSR count). The second-order valence-electron chi connectivity index (χ2n) is 4.74. The third-order valence-corrected chi connectivity index (χ3v) is 2.98. The summed E-state index contributed by atoms with van der Waals surface area (Å²) in [6.45, 7) is 4.14. The highest BCUT2D eigenvalue weighted by molar-refractivity contribution is 6.13. The zero-order chi connectivity index (χ0) is 11.8. The van der Waals surface area contributed by atoms with E-state index >= 15 is 0 Å². The zero-order valence-corrected chi connectivity index (χ0v) is 9.75. The topological polar surface area (TPSA) is 62.2 Å². The fourth-order valence-electron chi connectivity index (χ4n) is 2.11. The molecule has 0 aromatic rings. The second-order valence-corrected chi connectivity index (χ2v) is 4.74. The number of nitrogens with one attached hydrogen (secondary N) is 1. The molecule has 0 aromatic carbocycles. The minimum absolute atomic E-state index is 0.158. The van der Waals surface area contributed by atoms with E-state index in [1.807, 2.05) is 24.4 Å².